The fourth-order valence-electron chi connectivity index (χ4n) is 1.04. The van der Waals surface area contributed by atoms with E-state index >= 15 is 0 Å². The molecular weight excluding hydrogens is 104 g/mol. The quantitative estimate of drug-likeness (QED) is 0.472. The van der Waals surface area contributed by atoms with Gasteiger partial charge in [0, 0.05) is 12.3 Å². The molecular formula is C6H12O2. The van der Waals surface area contributed by atoms with Crippen LogP contribution >= 0.6 is 0 Å². The van der Waals surface area contributed by atoms with E-state index in [-0.39, 0.29) is 12.0 Å². The monoisotopic (exact) mass is 116 g/mol. The lowest BCUT2D eigenvalue weighted by molar-refractivity contribution is -0.154. The molecule has 1 aliphatic rings. The van der Waals surface area contributed by atoms with Crippen molar-refractivity contribution in [1.29, 1.82) is 0 Å². The Kier molecular flexibility index (Phi) is 1.10. The Labute approximate surface area is 49.1 Å². The van der Waals surface area contributed by atoms with Gasteiger partial charge in [0.15, 0.2) is 0 Å². The van der Waals surface area contributed by atoms with Gasteiger partial charge >= 0.3 is 0 Å². The molecule has 0 aromatic rings. The van der Waals surface area contributed by atoms with Gasteiger partial charge in [-0.1, -0.05) is 6.92 Å². The third-order valence-corrected chi connectivity index (χ3v) is 2.18. The molecule has 3 unspecified atom stereocenters. The van der Waals surface area contributed by atoms with Crippen LogP contribution in [0.3, 0.4) is 0 Å². The zero-order valence-corrected chi connectivity index (χ0v) is 5.26. The standard InChI is InChI=1S/C6H12O2/c1-4-5(7)3-6(4,2)8/h4-5,7-8H,3H2,1-2H3. The van der Waals surface area contributed by atoms with Gasteiger partial charge in [-0.15, -0.1) is 0 Å². The minimum atomic E-state index is -0.598. The van der Waals surface area contributed by atoms with Gasteiger partial charge in [0.1, 0.15) is 0 Å². The SMILES string of the molecule is CC1C(O)CC1(C)O. The van der Waals surface area contributed by atoms with Crippen LogP contribution in [-0.2, 0) is 0 Å². The third kappa shape index (κ3) is 0.644. The first-order valence-corrected chi connectivity index (χ1v) is 2.94. The summed E-state index contributed by atoms with van der Waals surface area (Å²) in [6.45, 7) is 3.61. The molecule has 1 rings (SSSR count). The first-order valence-electron chi connectivity index (χ1n) is 2.94. The summed E-state index contributed by atoms with van der Waals surface area (Å²) in [4.78, 5) is 0. The first-order chi connectivity index (χ1) is 3.54. The lowest BCUT2D eigenvalue weighted by Crippen LogP contribution is -2.53. The van der Waals surface area contributed by atoms with Crippen LogP contribution in [0.5, 0.6) is 0 Å². The summed E-state index contributed by atoms with van der Waals surface area (Å²) in [6, 6.07) is 0. The number of hydrogen-bond donors (Lipinski definition) is 2. The van der Waals surface area contributed by atoms with Crippen molar-refractivity contribution < 1.29 is 10.2 Å². The van der Waals surface area contributed by atoms with Crippen LogP contribution in [-0.4, -0.2) is 21.9 Å². The largest absolute Gasteiger partial charge is 0.393 e. The van der Waals surface area contributed by atoms with Crippen LogP contribution in [0.15, 0.2) is 0 Å². The second-order valence-corrected chi connectivity index (χ2v) is 2.92. The smallest absolute Gasteiger partial charge is 0.0694 e. The molecule has 0 amide bonds. The molecule has 0 saturated heterocycles. The van der Waals surface area contributed by atoms with Crippen molar-refractivity contribution in [3.8, 4) is 0 Å². The summed E-state index contributed by atoms with van der Waals surface area (Å²) in [7, 11) is 0. The molecule has 48 valence electrons. The molecule has 8 heavy (non-hydrogen) atoms. The van der Waals surface area contributed by atoms with Gasteiger partial charge in [0.25, 0.3) is 0 Å². The van der Waals surface area contributed by atoms with E-state index < -0.39 is 5.60 Å². The molecule has 3 atom stereocenters. The van der Waals surface area contributed by atoms with Crippen LogP contribution in [0.4, 0.5) is 0 Å². The molecule has 1 fully saturated rings. The highest BCUT2D eigenvalue weighted by Gasteiger charge is 2.45. The highest BCUT2D eigenvalue weighted by molar-refractivity contribution is 4.96. The van der Waals surface area contributed by atoms with Gasteiger partial charge in [-0.3, -0.25) is 0 Å². The van der Waals surface area contributed by atoms with Gasteiger partial charge in [0.05, 0.1) is 11.7 Å². The summed E-state index contributed by atoms with van der Waals surface area (Å²) in [5.41, 5.74) is -0.598. The Morgan fingerprint density at radius 1 is 1.62 bits per heavy atom. The molecule has 2 heteroatoms. The van der Waals surface area contributed by atoms with Crippen molar-refractivity contribution in [2.75, 3.05) is 0 Å². The van der Waals surface area contributed by atoms with Crippen molar-refractivity contribution in [3.05, 3.63) is 0 Å². The molecule has 1 saturated carbocycles. The average Bonchev–Trinajstić information content (AvgIpc) is 1.65. The normalized spacial score (nSPS) is 55.5. The second kappa shape index (κ2) is 1.45. The van der Waals surface area contributed by atoms with Gasteiger partial charge in [-0.25, -0.2) is 0 Å². The highest BCUT2D eigenvalue weighted by atomic mass is 16.3. The van der Waals surface area contributed by atoms with Crippen molar-refractivity contribution in [2.45, 2.75) is 32.0 Å². The van der Waals surface area contributed by atoms with E-state index in [4.69, 9.17) is 5.11 Å². The van der Waals surface area contributed by atoms with E-state index in [1.165, 1.54) is 0 Å². The topological polar surface area (TPSA) is 40.5 Å². The van der Waals surface area contributed by atoms with Gasteiger partial charge in [-0.05, 0) is 6.92 Å². The summed E-state index contributed by atoms with van der Waals surface area (Å²) in [6.07, 6.45) is 0.263. The van der Waals surface area contributed by atoms with E-state index in [2.05, 4.69) is 0 Å². The molecule has 0 radical (unpaired) electrons. The Hall–Kier alpha value is -0.0800. The number of aliphatic hydroxyl groups excluding tert-OH is 1. The molecule has 0 aliphatic heterocycles. The van der Waals surface area contributed by atoms with E-state index in [1.807, 2.05) is 6.92 Å². The van der Waals surface area contributed by atoms with Gasteiger partial charge in [-0.2, -0.15) is 0 Å². The minimum absolute atomic E-state index is 0.0579. The summed E-state index contributed by atoms with van der Waals surface area (Å²) < 4.78 is 0. The fourth-order valence-corrected chi connectivity index (χ4v) is 1.04. The number of rotatable bonds is 0. The lowest BCUT2D eigenvalue weighted by Gasteiger charge is -2.45. The van der Waals surface area contributed by atoms with E-state index in [9.17, 15) is 5.11 Å². The zero-order valence-electron chi connectivity index (χ0n) is 5.26. The predicted molar refractivity (Wildman–Crippen MR) is 30.4 cm³/mol. The van der Waals surface area contributed by atoms with E-state index in [0.29, 0.717) is 6.42 Å². The van der Waals surface area contributed by atoms with Crippen LogP contribution in [0.2, 0.25) is 0 Å². The highest BCUT2D eigenvalue weighted by Crippen LogP contribution is 2.37. The molecule has 2 nitrogen and oxygen atoms in total. The lowest BCUT2D eigenvalue weighted by atomic mass is 9.69. The van der Waals surface area contributed by atoms with Crippen LogP contribution in [0.25, 0.3) is 0 Å². The Morgan fingerprint density at radius 2 is 2.12 bits per heavy atom. The number of hydrogen-bond acceptors (Lipinski definition) is 2. The summed E-state index contributed by atoms with van der Waals surface area (Å²) >= 11 is 0. The predicted octanol–water partition coefficient (Wildman–Crippen LogP) is 0.138. The maximum absolute atomic E-state index is 9.19. The number of aliphatic hydroxyl groups is 2. The Bertz CT molecular complexity index is 98.7. The average molecular weight is 116 g/mol. The summed E-state index contributed by atoms with van der Waals surface area (Å²) in [5, 5.41) is 18.1. The van der Waals surface area contributed by atoms with Gasteiger partial charge in [0.2, 0.25) is 0 Å². The Morgan fingerprint density at radius 3 is 2.12 bits per heavy atom. The van der Waals surface area contributed by atoms with Crippen LogP contribution in [0, 0.1) is 5.92 Å². The van der Waals surface area contributed by atoms with Crippen molar-refractivity contribution in [3.63, 3.8) is 0 Å². The maximum atomic E-state index is 9.19. The van der Waals surface area contributed by atoms with E-state index in [0.717, 1.165) is 0 Å². The first kappa shape index (κ1) is 6.05. The molecule has 0 heterocycles. The fraction of sp³-hybridized carbons (Fsp3) is 1.00. The molecule has 0 bridgehead atoms. The minimum Gasteiger partial charge on any atom is -0.393 e. The molecule has 0 aromatic carbocycles. The maximum Gasteiger partial charge on any atom is 0.0694 e. The summed E-state index contributed by atoms with van der Waals surface area (Å²) in [5.74, 6) is 0.0579. The molecule has 1 aliphatic carbocycles. The Balaban J connectivity index is 2.47. The van der Waals surface area contributed by atoms with Crippen LogP contribution < -0.4 is 0 Å². The van der Waals surface area contributed by atoms with Crippen molar-refractivity contribution in [1.82, 2.24) is 0 Å². The van der Waals surface area contributed by atoms with Crippen molar-refractivity contribution >= 4 is 0 Å². The second-order valence-electron chi connectivity index (χ2n) is 2.92. The van der Waals surface area contributed by atoms with E-state index in [1.54, 1.807) is 6.92 Å². The third-order valence-electron chi connectivity index (χ3n) is 2.18. The molecule has 0 aromatic heterocycles. The van der Waals surface area contributed by atoms with Gasteiger partial charge < -0.3 is 10.2 Å². The van der Waals surface area contributed by atoms with Crippen LogP contribution in [0.1, 0.15) is 20.3 Å². The molecule has 0 spiro atoms. The van der Waals surface area contributed by atoms with Crippen molar-refractivity contribution in [2.24, 2.45) is 5.92 Å². The molecule has 2 N–H and O–H groups in total. The zero-order chi connectivity index (χ0) is 6.36.